The molecular weight excluding hydrogens is 275 g/mol. The van der Waals surface area contributed by atoms with Crippen LogP contribution in [0.25, 0.3) is 10.8 Å². The van der Waals surface area contributed by atoms with Gasteiger partial charge in [0.15, 0.2) is 0 Å². The summed E-state index contributed by atoms with van der Waals surface area (Å²) in [5.74, 6) is 1.38. The molecule has 0 aliphatic carbocycles. The summed E-state index contributed by atoms with van der Waals surface area (Å²) >= 11 is 9.00. The fourth-order valence-corrected chi connectivity index (χ4v) is 1.90. The molecular formula is C12H10BrClO. The maximum Gasteiger partial charge on any atom is 0.119 e. The molecule has 0 bridgehead atoms. The average molecular weight is 286 g/mol. The molecule has 1 nitrogen and oxygen atoms in total. The van der Waals surface area contributed by atoms with E-state index in [2.05, 4.69) is 28.1 Å². The van der Waals surface area contributed by atoms with E-state index in [0.717, 1.165) is 10.2 Å². The van der Waals surface area contributed by atoms with Crippen molar-refractivity contribution in [3.8, 4) is 5.75 Å². The highest BCUT2D eigenvalue weighted by molar-refractivity contribution is 9.10. The van der Waals surface area contributed by atoms with Gasteiger partial charge in [-0.1, -0.05) is 28.1 Å². The van der Waals surface area contributed by atoms with Crippen molar-refractivity contribution in [2.24, 2.45) is 0 Å². The van der Waals surface area contributed by atoms with Gasteiger partial charge in [0, 0.05) is 4.47 Å². The minimum absolute atomic E-state index is 0.512. The maximum atomic E-state index is 5.56. The summed E-state index contributed by atoms with van der Waals surface area (Å²) in [4.78, 5) is 0. The first-order chi connectivity index (χ1) is 7.29. The van der Waals surface area contributed by atoms with E-state index in [-0.39, 0.29) is 0 Å². The Hall–Kier alpha value is -0.730. The maximum absolute atomic E-state index is 5.56. The Morgan fingerprint density at radius 1 is 1.07 bits per heavy atom. The molecule has 0 heterocycles. The van der Waals surface area contributed by atoms with Crippen molar-refractivity contribution in [2.45, 2.75) is 0 Å². The van der Waals surface area contributed by atoms with Crippen molar-refractivity contribution in [3.05, 3.63) is 40.9 Å². The highest BCUT2D eigenvalue weighted by Crippen LogP contribution is 2.23. The average Bonchev–Trinajstić information content (AvgIpc) is 2.26. The van der Waals surface area contributed by atoms with Gasteiger partial charge in [-0.15, -0.1) is 11.6 Å². The van der Waals surface area contributed by atoms with E-state index < -0.39 is 0 Å². The normalized spacial score (nSPS) is 10.5. The fourth-order valence-electron chi connectivity index (χ4n) is 1.44. The van der Waals surface area contributed by atoms with E-state index in [1.807, 2.05) is 24.3 Å². The zero-order chi connectivity index (χ0) is 10.7. The number of halogens is 2. The van der Waals surface area contributed by atoms with E-state index in [4.69, 9.17) is 16.3 Å². The van der Waals surface area contributed by atoms with Crippen molar-refractivity contribution in [1.82, 2.24) is 0 Å². The molecule has 0 fully saturated rings. The fraction of sp³-hybridized carbons (Fsp3) is 0.167. The molecule has 3 heteroatoms. The zero-order valence-electron chi connectivity index (χ0n) is 8.04. The largest absolute Gasteiger partial charge is 0.492 e. The molecule has 0 spiro atoms. The molecule has 0 aromatic heterocycles. The summed E-state index contributed by atoms with van der Waals surface area (Å²) < 4.78 is 6.54. The molecule has 0 radical (unpaired) electrons. The summed E-state index contributed by atoms with van der Waals surface area (Å²) in [6, 6.07) is 12.2. The summed E-state index contributed by atoms with van der Waals surface area (Å²) in [6.07, 6.45) is 0. The summed E-state index contributed by atoms with van der Waals surface area (Å²) in [6.45, 7) is 0.545. The van der Waals surface area contributed by atoms with Gasteiger partial charge >= 0.3 is 0 Å². The Balaban J connectivity index is 2.34. The van der Waals surface area contributed by atoms with Crippen LogP contribution >= 0.6 is 27.5 Å². The van der Waals surface area contributed by atoms with Gasteiger partial charge in [0.1, 0.15) is 12.4 Å². The third-order valence-corrected chi connectivity index (χ3v) is 2.77. The Morgan fingerprint density at radius 2 is 1.80 bits per heavy atom. The van der Waals surface area contributed by atoms with Crippen LogP contribution in [0.15, 0.2) is 40.9 Å². The van der Waals surface area contributed by atoms with Crippen molar-refractivity contribution in [1.29, 1.82) is 0 Å². The minimum atomic E-state index is 0.512. The predicted octanol–water partition coefficient (Wildman–Crippen LogP) is 4.22. The molecule has 0 saturated carbocycles. The molecule has 0 unspecified atom stereocenters. The number of hydrogen-bond acceptors (Lipinski definition) is 1. The number of fused-ring (bicyclic) bond motifs is 1. The highest BCUT2D eigenvalue weighted by atomic mass is 79.9. The van der Waals surface area contributed by atoms with Crippen LogP contribution in [0, 0.1) is 0 Å². The number of hydrogen-bond donors (Lipinski definition) is 0. The lowest BCUT2D eigenvalue weighted by Gasteiger charge is -2.05. The van der Waals surface area contributed by atoms with Crippen molar-refractivity contribution in [3.63, 3.8) is 0 Å². The number of alkyl halides is 1. The molecule has 78 valence electrons. The standard InChI is InChI=1S/C12H10BrClO/c13-11-3-1-10-8-12(15-6-5-14)4-2-9(10)7-11/h1-4,7-8H,5-6H2. The van der Waals surface area contributed by atoms with Crippen LogP contribution in [-0.2, 0) is 0 Å². The van der Waals surface area contributed by atoms with Gasteiger partial charge in [-0.2, -0.15) is 0 Å². The van der Waals surface area contributed by atoms with E-state index in [9.17, 15) is 0 Å². The number of rotatable bonds is 3. The molecule has 0 atom stereocenters. The van der Waals surface area contributed by atoms with Crippen LogP contribution in [-0.4, -0.2) is 12.5 Å². The molecule has 15 heavy (non-hydrogen) atoms. The second kappa shape index (κ2) is 4.86. The molecule has 0 amide bonds. The Bertz CT molecular complexity index is 470. The molecule has 2 aromatic carbocycles. The van der Waals surface area contributed by atoms with Gasteiger partial charge in [-0.3, -0.25) is 0 Å². The first-order valence-corrected chi connectivity index (χ1v) is 6.00. The number of benzene rings is 2. The lowest BCUT2D eigenvalue weighted by Crippen LogP contribution is -1.97. The van der Waals surface area contributed by atoms with Crippen LogP contribution < -0.4 is 4.74 Å². The van der Waals surface area contributed by atoms with E-state index in [1.54, 1.807) is 0 Å². The van der Waals surface area contributed by atoms with E-state index in [1.165, 1.54) is 10.8 Å². The third-order valence-electron chi connectivity index (χ3n) is 2.12. The summed E-state index contributed by atoms with van der Waals surface area (Å²) in [5, 5.41) is 2.37. The smallest absolute Gasteiger partial charge is 0.119 e. The van der Waals surface area contributed by atoms with E-state index >= 15 is 0 Å². The monoisotopic (exact) mass is 284 g/mol. The zero-order valence-corrected chi connectivity index (χ0v) is 10.4. The first kappa shape index (κ1) is 10.8. The van der Waals surface area contributed by atoms with Gasteiger partial charge in [0.2, 0.25) is 0 Å². The van der Waals surface area contributed by atoms with Gasteiger partial charge in [0.25, 0.3) is 0 Å². The van der Waals surface area contributed by atoms with Crippen LogP contribution in [0.2, 0.25) is 0 Å². The summed E-state index contributed by atoms with van der Waals surface area (Å²) in [5.41, 5.74) is 0. The van der Waals surface area contributed by atoms with Crippen molar-refractivity contribution < 1.29 is 4.74 Å². The quantitative estimate of drug-likeness (QED) is 0.767. The Labute approximate surface area is 102 Å². The molecule has 2 aromatic rings. The highest BCUT2D eigenvalue weighted by Gasteiger charge is 1.97. The van der Waals surface area contributed by atoms with Crippen LogP contribution in [0.4, 0.5) is 0 Å². The second-order valence-corrected chi connectivity index (χ2v) is 4.48. The lowest BCUT2D eigenvalue weighted by atomic mass is 10.1. The third kappa shape index (κ3) is 2.64. The van der Waals surface area contributed by atoms with E-state index in [0.29, 0.717) is 12.5 Å². The molecule has 0 saturated heterocycles. The number of ether oxygens (including phenoxy) is 1. The lowest BCUT2D eigenvalue weighted by molar-refractivity contribution is 0.343. The molecule has 0 N–H and O–H groups in total. The van der Waals surface area contributed by atoms with Crippen LogP contribution in [0.3, 0.4) is 0 Å². The van der Waals surface area contributed by atoms with Gasteiger partial charge in [0.05, 0.1) is 5.88 Å². The van der Waals surface area contributed by atoms with Crippen molar-refractivity contribution >= 4 is 38.3 Å². The topological polar surface area (TPSA) is 9.23 Å². The van der Waals surface area contributed by atoms with Crippen molar-refractivity contribution in [2.75, 3.05) is 12.5 Å². The Morgan fingerprint density at radius 3 is 2.60 bits per heavy atom. The summed E-state index contributed by atoms with van der Waals surface area (Å²) in [7, 11) is 0. The first-order valence-electron chi connectivity index (χ1n) is 4.68. The molecule has 2 rings (SSSR count). The van der Waals surface area contributed by atoms with Crippen LogP contribution in [0.1, 0.15) is 0 Å². The second-order valence-electron chi connectivity index (χ2n) is 3.19. The SMILES string of the molecule is ClCCOc1ccc2cc(Br)ccc2c1. The predicted molar refractivity (Wildman–Crippen MR) is 67.9 cm³/mol. The van der Waals surface area contributed by atoms with Gasteiger partial charge < -0.3 is 4.74 Å². The van der Waals surface area contributed by atoms with Gasteiger partial charge in [-0.25, -0.2) is 0 Å². The molecule has 0 aliphatic rings. The Kier molecular flexibility index (Phi) is 3.49. The van der Waals surface area contributed by atoms with Gasteiger partial charge in [-0.05, 0) is 35.0 Å². The van der Waals surface area contributed by atoms with Crippen LogP contribution in [0.5, 0.6) is 5.75 Å². The minimum Gasteiger partial charge on any atom is -0.492 e. The molecule has 0 aliphatic heterocycles.